The van der Waals surface area contributed by atoms with E-state index in [2.05, 4.69) is 10.0 Å². The summed E-state index contributed by atoms with van der Waals surface area (Å²) in [6.45, 7) is 0.602. The van der Waals surface area contributed by atoms with Gasteiger partial charge in [-0.2, -0.15) is 0 Å². The lowest BCUT2D eigenvalue weighted by Gasteiger charge is -2.16. The Morgan fingerprint density at radius 1 is 1.60 bits per heavy atom. The maximum Gasteiger partial charge on any atom is 0.289 e. The van der Waals surface area contributed by atoms with Crippen molar-refractivity contribution in [3.05, 3.63) is 43.8 Å². The molecule has 1 aromatic carbocycles. The van der Waals surface area contributed by atoms with Crippen LogP contribution in [0.15, 0.2) is 23.3 Å². The summed E-state index contributed by atoms with van der Waals surface area (Å²) in [6.07, 6.45) is 0.259. The van der Waals surface area contributed by atoms with Crippen molar-refractivity contribution in [2.24, 2.45) is 11.0 Å². The highest BCUT2D eigenvalue weighted by Gasteiger charge is 2.31. The number of hydrogen-bond acceptors (Lipinski definition) is 4. The quantitative estimate of drug-likeness (QED) is 0.280. The average molecular weight is 296 g/mol. The van der Waals surface area contributed by atoms with Crippen molar-refractivity contribution in [3.8, 4) is 0 Å². The minimum atomic E-state index is -0.593. The maximum atomic E-state index is 11.9. The van der Waals surface area contributed by atoms with Crippen LogP contribution in [0.5, 0.6) is 0 Å². The Labute approximate surface area is 118 Å². The van der Waals surface area contributed by atoms with Crippen molar-refractivity contribution in [1.29, 1.82) is 0 Å². The number of nitro benzene ring substituents is 1. The third-order valence-electron chi connectivity index (χ3n) is 3.05. The molecule has 0 aliphatic carbocycles. The van der Waals surface area contributed by atoms with Gasteiger partial charge in [0.25, 0.3) is 5.69 Å². The molecule has 8 nitrogen and oxygen atoms in total. The molecule has 0 spiro atoms. The van der Waals surface area contributed by atoms with E-state index >= 15 is 0 Å². The van der Waals surface area contributed by atoms with Crippen LogP contribution in [0.3, 0.4) is 0 Å². The summed E-state index contributed by atoms with van der Waals surface area (Å²) >= 11 is 5.73. The van der Waals surface area contributed by atoms with Crippen LogP contribution in [0.4, 0.5) is 11.4 Å². The Morgan fingerprint density at radius 3 is 3.00 bits per heavy atom. The first-order valence-corrected chi connectivity index (χ1v) is 6.16. The van der Waals surface area contributed by atoms with Gasteiger partial charge in [0.05, 0.1) is 10.6 Å². The molecule has 1 aliphatic rings. The number of carbonyl (C=O) groups excluding carboxylic acids is 1. The van der Waals surface area contributed by atoms with Crippen LogP contribution in [0, 0.1) is 16.0 Å². The van der Waals surface area contributed by atoms with E-state index in [1.165, 1.54) is 17.0 Å². The number of anilines is 1. The van der Waals surface area contributed by atoms with E-state index in [1.54, 1.807) is 6.07 Å². The highest BCUT2D eigenvalue weighted by Crippen LogP contribution is 2.32. The van der Waals surface area contributed by atoms with Gasteiger partial charge in [-0.05, 0) is 23.6 Å². The molecule has 104 valence electrons. The first kappa shape index (κ1) is 14.1. The second-order valence-electron chi connectivity index (χ2n) is 4.38. The van der Waals surface area contributed by atoms with Gasteiger partial charge in [-0.3, -0.25) is 14.9 Å². The number of halogens is 1. The molecular formula is C11H10ClN5O3. The zero-order valence-electron chi connectivity index (χ0n) is 10.3. The van der Waals surface area contributed by atoms with E-state index in [4.69, 9.17) is 17.1 Å². The molecule has 0 N–H and O–H groups in total. The van der Waals surface area contributed by atoms with Gasteiger partial charge in [-0.25, -0.2) is 0 Å². The molecule has 20 heavy (non-hydrogen) atoms. The fourth-order valence-corrected chi connectivity index (χ4v) is 2.30. The molecular weight excluding hydrogens is 286 g/mol. The molecule has 1 amide bonds. The van der Waals surface area contributed by atoms with E-state index in [0.717, 1.165) is 0 Å². The third kappa shape index (κ3) is 2.81. The SMILES string of the molecule is [N-]=[N+]=NCC1CC(=O)N(c2ccc(Cl)c([N+](=O)[O-])c2)C1. The fraction of sp³-hybridized carbons (Fsp3) is 0.364. The van der Waals surface area contributed by atoms with Crippen molar-refractivity contribution < 1.29 is 9.72 Å². The number of nitro groups is 1. The molecule has 2 rings (SSSR count). The standard InChI is InChI=1S/C11H10ClN5O3/c12-9-2-1-8(4-10(9)17(19)20)16-6-7(3-11(16)18)5-14-15-13/h1-2,4,7H,3,5-6H2. The second kappa shape index (κ2) is 5.77. The predicted octanol–water partition coefficient (Wildman–Crippen LogP) is 2.91. The molecule has 1 atom stereocenters. The summed E-state index contributed by atoms with van der Waals surface area (Å²) in [4.78, 5) is 26.3. The van der Waals surface area contributed by atoms with Crippen LogP contribution < -0.4 is 4.90 Å². The molecule has 1 fully saturated rings. The minimum absolute atomic E-state index is 0.0241. The van der Waals surface area contributed by atoms with Crippen LogP contribution in [0.2, 0.25) is 5.02 Å². The zero-order valence-corrected chi connectivity index (χ0v) is 11.0. The van der Waals surface area contributed by atoms with Gasteiger partial charge in [0.1, 0.15) is 5.02 Å². The molecule has 1 unspecified atom stereocenters. The Hall–Kier alpha value is -2.31. The number of amides is 1. The normalized spacial score (nSPS) is 17.9. The molecule has 0 bridgehead atoms. The number of nitrogens with zero attached hydrogens (tertiary/aromatic N) is 5. The lowest BCUT2D eigenvalue weighted by Crippen LogP contribution is -2.24. The first-order valence-electron chi connectivity index (χ1n) is 5.78. The highest BCUT2D eigenvalue weighted by atomic mass is 35.5. The third-order valence-corrected chi connectivity index (χ3v) is 3.37. The van der Waals surface area contributed by atoms with Crippen LogP contribution in [0.1, 0.15) is 6.42 Å². The first-order chi connectivity index (χ1) is 9.52. The molecule has 0 aromatic heterocycles. The van der Waals surface area contributed by atoms with Gasteiger partial charge < -0.3 is 4.90 Å². The predicted molar refractivity (Wildman–Crippen MR) is 72.6 cm³/mol. The van der Waals surface area contributed by atoms with Gasteiger partial charge in [0.2, 0.25) is 5.91 Å². The number of rotatable bonds is 4. The van der Waals surface area contributed by atoms with Gasteiger partial charge in [-0.1, -0.05) is 16.7 Å². The average Bonchev–Trinajstić information content (AvgIpc) is 2.78. The number of benzene rings is 1. The van der Waals surface area contributed by atoms with Crippen molar-refractivity contribution in [3.63, 3.8) is 0 Å². The van der Waals surface area contributed by atoms with Crippen LogP contribution in [-0.2, 0) is 4.79 Å². The van der Waals surface area contributed by atoms with E-state index in [1.807, 2.05) is 0 Å². The Balaban J connectivity index is 2.24. The summed E-state index contributed by atoms with van der Waals surface area (Å²) in [5.74, 6) is -0.229. The maximum absolute atomic E-state index is 11.9. The molecule has 1 heterocycles. The van der Waals surface area contributed by atoms with Crippen molar-refractivity contribution in [1.82, 2.24) is 0 Å². The molecule has 0 radical (unpaired) electrons. The molecule has 9 heteroatoms. The van der Waals surface area contributed by atoms with Crippen molar-refractivity contribution >= 4 is 28.9 Å². The van der Waals surface area contributed by atoms with Gasteiger partial charge in [-0.15, -0.1) is 0 Å². The molecule has 1 aromatic rings. The summed E-state index contributed by atoms with van der Waals surface area (Å²) in [6, 6.07) is 4.22. The summed E-state index contributed by atoms with van der Waals surface area (Å²) < 4.78 is 0. The van der Waals surface area contributed by atoms with Gasteiger partial charge in [0, 0.05) is 30.5 Å². The molecule has 0 saturated carbocycles. The van der Waals surface area contributed by atoms with Crippen LogP contribution >= 0.6 is 11.6 Å². The highest BCUT2D eigenvalue weighted by molar-refractivity contribution is 6.32. The monoisotopic (exact) mass is 295 g/mol. The largest absolute Gasteiger partial charge is 0.312 e. The van der Waals surface area contributed by atoms with E-state index in [9.17, 15) is 14.9 Å². The lowest BCUT2D eigenvalue weighted by molar-refractivity contribution is -0.384. The van der Waals surface area contributed by atoms with Gasteiger partial charge in [0.15, 0.2) is 0 Å². The van der Waals surface area contributed by atoms with E-state index in [0.29, 0.717) is 12.2 Å². The van der Waals surface area contributed by atoms with E-state index in [-0.39, 0.29) is 35.5 Å². The van der Waals surface area contributed by atoms with Crippen molar-refractivity contribution in [2.75, 3.05) is 18.0 Å². The summed E-state index contributed by atoms with van der Waals surface area (Å²) in [5.41, 5.74) is 8.46. The fourth-order valence-electron chi connectivity index (χ4n) is 2.11. The number of carbonyl (C=O) groups is 1. The van der Waals surface area contributed by atoms with Gasteiger partial charge >= 0.3 is 0 Å². The number of hydrogen-bond donors (Lipinski definition) is 0. The summed E-state index contributed by atoms with van der Waals surface area (Å²) in [5, 5.41) is 14.3. The molecule has 1 aliphatic heterocycles. The Bertz CT molecular complexity index is 614. The Morgan fingerprint density at radius 2 is 2.35 bits per heavy atom. The minimum Gasteiger partial charge on any atom is -0.312 e. The second-order valence-corrected chi connectivity index (χ2v) is 4.79. The smallest absolute Gasteiger partial charge is 0.289 e. The van der Waals surface area contributed by atoms with Crippen LogP contribution in [-0.4, -0.2) is 23.9 Å². The Kier molecular flexibility index (Phi) is 4.07. The van der Waals surface area contributed by atoms with E-state index < -0.39 is 4.92 Å². The topological polar surface area (TPSA) is 112 Å². The summed E-state index contributed by atoms with van der Waals surface area (Å²) in [7, 11) is 0. The van der Waals surface area contributed by atoms with Crippen LogP contribution in [0.25, 0.3) is 10.4 Å². The van der Waals surface area contributed by atoms with Crippen molar-refractivity contribution in [2.45, 2.75) is 6.42 Å². The molecule has 1 saturated heterocycles. The number of azide groups is 1. The zero-order chi connectivity index (χ0) is 14.7. The lowest BCUT2D eigenvalue weighted by atomic mass is 10.1.